The van der Waals surface area contributed by atoms with Crippen LogP contribution < -0.4 is 5.30 Å². The van der Waals surface area contributed by atoms with Gasteiger partial charge in [0.15, 0.2) is 0 Å². The van der Waals surface area contributed by atoms with Gasteiger partial charge in [-0.2, -0.15) is 0 Å². The first-order valence-electron chi connectivity index (χ1n) is 3.73. The van der Waals surface area contributed by atoms with E-state index in [1.165, 1.54) is 17.2 Å². The highest BCUT2D eigenvalue weighted by Gasteiger charge is 2.18. The van der Waals surface area contributed by atoms with Crippen LogP contribution in [0.15, 0.2) is 30.3 Å². The van der Waals surface area contributed by atoms with Crippen molar-refractivity contribution in [2.24, 2.45) is 0 Å². The molecule has 56 valence electrons. The molecule has 0 radical (unpaired) electrons. The monoisotopic (exact) mass is 181 g/mol. The molecule has 0 saturated carbocycles. The average Bonchev–Trinajstić information content (AvgIpc) is 2.58. The molecule has 2 rings (SSSR count). The van der Waals surface area contributed by atoms with Gasteiger partial charge in [-0.25, -0.2) is 0 Å². The average molecular weight is 181 g/mol. The maximum atomic E-state index is 2.42. The van der Waals surface area contributed by atoms with E-state index >= 15 is 0 Å². The van der Waals surface area contributed by atoms with Crippen molar-refractivity contribution in [1.82, 2.24) is 0 Å². The van der Waals surface area contributed by atoms with E-state index in [2.05, 4.69) is 35.5 Å². The van der Waals surface area contributed by atoms with Crippen molar-refractivity contribution in [3.63, 3.8) is 0 Å². The molecular formula is C9H10PS+. The minimum absolute atomic E-state index is 0.0977. The quantitative estimate of drug-likeness (QED) is 0.599. The van der Waals surface area contributed by atoms with Gasteiger partial charge < -0.3 is 0 Å². The molecule has 2 heteroatoms. The Kier molecular flexibility index (Phi) is 2.30. The van der Waals surface area contributed by atoms with Gasteiger partial charge in [-0.1, -0.05) is 30.0 Å². The summed E-state index contributed by atoms with van der Waals surface area (Å²) in [5, 5.41) is 3.96. The summed E-state index contributed by atoms with van der Waals surface area (Å²) in [6, 6.07) is 10.8. The van der Waals surface area contributed by atoms with Crippen LogP contribution >= 0.6 is 19.3 Å². The summed E-state index contributed by atoms with van der Waals surface area (Å²) in [7, 11) is 0.0977. The van der Waals surface area contributed by atoms with Crippen molar-refractivity contribution in [1.29, 1.82) is 0 Å². The maximum Gasteiger partial charge on any atom is 0.149 e. The maximum absolute atomic E-state index is 2.42. The van der Waals surface area contributed by atoms with Gasteiger partial charge in [0.2, 0.25) is 0 Å². The summed E-state index contributed by atoms with van der Waals surface area (Å²) in [6.07, 6.45) is 1.38. The summed E-state index contributed by atoms with van der Waals surface area (Å²) in [4.78, 5) is 0. The van der Waals surface area contributed by atoms with Gasteiger partial charge >= 0.3 is 0 Å². The van der Waals surface area contributed by atoms with Crippen LogP contribution in [0.4, 0.5) is 0 Å². The molecule has 0 amide bonds. The van der Waals surface area contributed by atoms with Crippen molar-refractivity contribution >= 4 is 29.7 Å². The minimum atomic E-state index is 0.0977. The van der Waals surface area contributed by atoms with Crippen LogP contribution in [0.2, 0.25) is 0 Å². The highest BCUT2D eigenvalue weighted by molar-refractivity contribution is 8.20. The lowest BCUT2D eigenvalue weighted by Crippen LogP contribution is -1.95. The Morgan fingerprint density at radius 2 is 2.00 bits per heavy atom. The molecule has 1 aliphatic rings. The van der Waals surface area contributed by atoms with Gasteiger partial charge in [0, 0.05) is 5.75 Å². The zero-order chi connectivity index (χ0) is 7.52. The molecule has 0 nitrogen and oxygen atoms in total. The Morgan fingerprint density at radius 1 is 1.18 bits per heavy atom. The van der Waals surface area contributed by atoms with Crippen LogP contribution in [-0.4, -0.2) is 17.0 Å². The van der Waals surface area contributed by atoms with Crippen molar-refractivity contribution in [3.8, 4) is 0 Å². The van der Waals surface area contributed by atoms with Crippen LogP contribution in [0.1, 0.15) is 0 Å². The second kappa shape index (κ2) is 3.42. The lowest BCUT2D eigenvalue weighted by atomic mass is 10.4. The SMILES string of the molecule is C1=[P+](c2ccccc2)CCS1. The van der Waals surface area contributed by atoms with Gasteiger partial charge in [0.25, 0.3) is 0 Å². The molecule has 11 heavy (non-hydrogen) atoms. The Hall–Kier alpha value is -0.260. The molecule has 1 heterocycles. The predicted molar refractivity (Wildman–Crippen MR) is 56.4 cm³/mol. The number of hydrogen-bond acceptors (Lipinski definition) is 1. The van der Waals surface area contributed by atoms with E-state index in [1.807, 2.05) is 11.8 Å². The Bertz CT molecular complexity index is 266. The molecule has 0 aliphatic carbocycles. The molecule has 1 atom stereocenters. The summed E-state index contributed by atoms with van der Waals surface area (Å²) >= 11 is 1.98. The molecule has 0 N–H and O–H groups in total. The molecule has 0 saturated heterocycles. The van der Waals surface area contributed by atoms with Crippen LogP contribution in [0.3, 0.4) is 0 Å². The summed E-state index contributed by atoms with van der Waals surface area (Å²) < 4.78 is 0. The van der Waals surface area contributed by atoms with Crippen molar-refractivity contribution in [2.45, 2.75) is 0 Å². The summed E-state index contributed by atoms with van der Waals surface area (Å²) in [6.45, 7) is 0. The molecule has 0 spiro atoms. The largest absolute Gasteiger partial charge is 0.149 e. The fourth-order valence-corrected chi connectivity index (χ4v) is 5.23. The van der Waals surface area contributed by atoms with Crippen LogP contribution in [0.5, 0.6) is 0 Å². The van der Waals surface area contributed by atoms with Gasteiger partial charge in [0.1, 0.15) is 24.1 Å². The predicted octanol–water partition coefficient (Wildman–Crippen LogP) is 2.30. The summed E-state index contributed by atoms with van der Waals surface area (Å²) in [5.74, 6) is 1.32. The van der Waals surface area contributed by atoms with Crippen LogP contribution in [0, 0.1) is 0 Å². The molecule has 0 fully saturated rings. The smallest absolute Gasteiger partial charge is 0.0845 e. The molecule has 1 aromatic rings. The van der Waals surface area contributed by atoms with E-state index in [0.29, 0.717) is 0 Å². The minimum Gasteiger partial charge on any atom is -0.0845 e. The molecule has 1 unspecified atom stereocenters. The third kappa shape index (κ3) is 1.66. The van der Waals surface area contributed by atoms with E-state index in [1.54, 1.807) is 0 Å². The van der Waals surface area contributed by atoms with Crippen molar-refractivity contribution in [3.05, 3.63) is 30.3 Å². The second-order valence-corrected chi connectivity index (χ2v) is 5.99. The van der Waals surface area contributed by atoms with Crippen LogP contribution in [-0.2, 0) is 0 Å². The zero-order valence-electron chi connectivity index (χ0n) is 6.23. The molecular weight excluding hydrogens is 171 g/mol. The third-order valence-corrected chi connectivity index (χ3v) is 5.76. The van der Waals surface area contributed by atoms with E-state index in [9.17, 15) is 0 Å². The number of benzene rings is 1. The molecule has 1 aromatic carbocycles. The first kappa shape index (κ1) is 7.39. The second-order valence-electron chi connectivity index (χ2n) is 2.51. The van der Waals surface area contributed by atoms with Crippen molar-refractivity contribution < 1.29 is 0 Å². The highest BCUT2D eigenvalue weighted by Crippen LogP contribution is 2.30. The Balaban J connectivity index is 2.29. The Morgan fingerprint density at radius 3 is 2.64 bits per heavy atom. The first-order chi connectivity index (χ1) is 5.47. The number of hydrogen-bond donors (Lipinski definition) is 0. The van der Waals surface area contributed by atoms with E-state index < -0.39 is 0 Å². The summed E-state index contributed by atoms with van der Waals surface area (Å²) in [5.41, 5.74) is 0. The zero-order valence-corrected chi connectivity index (χ0v) is 7.94. The van der Waals surface area contributed by atoms with E-state index in [4.69, 9.17) is 0 Å². The fraction of sp³-hybridized carbons (Fsp3) is 0.222. The third-order valence-electron chi connectivity index (χ3n) is 1.74. The van der Waals surface area contributed by atoms with E-state index in [-0.39, 0.29) is 7.55 Å². The normalized spacial score (nSPS) is 19.8. The highest BCUT2D eigenvalue weighted by atomic mass is 32.2. The van der Waals surface area contributed by atoms with Crippen molar-refractivity contribution in [2.75, 3.05) is 11.9 Å². The van der Waals surface area contributed by atoms with Crippen LogP contribution in [0.25, 0.3) is 0 Å². The standard InChI is InChI=1S/C9H10PS/c1-2-4-9(5-3-1)10-6-7-11-8-10/h1-5,8H,6-7H2/q+1. The molecule has 0 aromatic heterocycles. The van der Waals surface area contributed by atoms with Gasteiger partial charge in [-0.3, -0.25) is 0 Å². The number of thioether (sulfide) groups is 1. The Labute approximate surface area is 72.4 Å². The van der Waals surface area contributed by atoms with Gasteiger partial charge in [-0.15, -0.1) is 0 Å². The molecule has 1 aliphatic heterocycles. The lowest BCUT2D eigenvalue weighted by molar-refractivity contribution is 1.56. The van der Waals surface area contributed by atoms with E-state index in [0.717, 1.165) is 0 Å². The topological polar surface area (TPSA) is 0 Å². The molecule has 0 bridgehead atoms. The van der Waals surface area contributed by atoms with Gasteiger partial charge in [-0.05, 0) is 12.1 Å². The lowest BCUT2D eigenvalue weighted by Gasteiger charge is -1.86. The number of rotatable bonds is 1. The fourth-order valence-electron chi connectivity index (χ4n) is 1.16. The van der Waals surface area contributed by atoms with Gasteiger partial charge in [0.05, 0.1) is 0 Å². The first-order valence-corrected chi connectivity index (χ1v) is 6.38.